The highest BCUT2D eigenvalue weighted by molar-refractivity contribution is 5.81. The number of benzene rings is 1. The Balaban J connectivity index is 1.56. The minimum atomic E-state index is -4.80. The average Bonchev–Trinajstić information content (AvgIpc) is 3.40. The Labute approximate surface area is 265 Å². The van der Waals surface area contributed by atoms with Gasteiger partial charge in [-0.2, -0.15) is 28.4 Å². The molecule has 9 nitrogen and oxygen atoms in total. The number of piperazine rings is 1. The summed E-state index contributed by atoms with van der Waals surface area (Å²) in [7, 11) is 2.00. The summed E-state index contributed by atoms with van der Waals surface area (Å²) in [5.41, 5.74) is 5.03. The Kier molecular flexibility index (Phi) is 9.63. The summed E-state index contributed by atoms with van der Waals surface area (Å²) < 4.78 is 78.7. The Bertz CT molecular complexity index is 1510. The van der Waals surface area contributed by atoms with Crippen LogP contribution in [-0.2, 0) is 23.8 Å². The molecule has 2 aliphatic heterocycles. The maximum absolute atomic E-state index is 15.6. The SMILES string of the molecule is Cc1cc(N)c(F)c([C@@H]2Cc3nc(OC[C@@H]4CCCN4C)nc(N4CCN(C(=O)C(C)F)[C@@H](CC#N)C4)c3C[C@H]2C)c1C(F)(F)F. The maximum atomic E-state index is 15.6. The molecule has 3 heterocycles. The Hall–Kier alpha value is -3.73. The molecule has 0 bridgehead atoms. The molecule has 0 saturated carbocycles. The molecule has 5 atom stereocenters. The minimum absolute atomic E-state index is 0.00591. The van der Waals surface area contributed by atoms with Gasteiger partial charge in [0.25, 0.3) is 5.91 Å². The number of carbonyl (C=O) groups is 1. The summed E-state index contributed by atoms with van der Waals surface area (Å²) in [4.78, 5) is 27.5. The van der Waals surface area contributed by atoms with Crippen LogP contribution in [0.5, 0.6) is 6.01 Å². The second-order valence-corrected chi connectivity index (χ2v) is 12.8. The van der Waals surface area contributed by atoms with E-state index in [9.17, 15) is 27.6 Å². The van der Waals surface area contributed by atoms with Crippen molar-refractivity contribution in [1.82, 2.24) is 19.8 Å². The molecule has 2 N–H and O–H groups in total. The van der Waals surface area contributed by atoms with E-state index in [1.807, 2.05) is 11.9 Å². The number of nitrogens with two attached hydrogens (primary N) is 1. The highest BCUT2D eigenvalue weighted by Gasteiger charge is 2.43. The highest BCUT2D eigenvalue weighted by Crippen LogP contribution is 2.47. The maximum Gasteiger partial charge on any atom is 0.417 e. The summed E-state index contributed by atoms with van der Waals surface area (Å²) in [6.07, 6.45) is -4.34. The van der Waals surface area contributed by atoms with Crippen molar-refractivity contribution in [3.63, 3.8) is 0 Å². The minimum Gasteiger partial charge on any atom is -0.462 e. The van der Waals surface area contributed by atoms with E-state index in [2.05, 4.69) is 16.0 Å². The number of aryl methyl sites for hydroxylation is 1. The smallest absolute Gasteiger partial charge is 0.417 e. The lowest BCUT2D eigenvalue weighted by atomic mass is 9.73. The van der Waals surface area contributed by atoms with Gasteiger partial charge >= 0.3 is 12.2 Å². The van der Waals surface area contributed by atoms with Crippen LogP contribution in [0.1, 0.15) is 67.0 Å². The monoisotopic (exact) mass is 649 g/mol. The number of aromatic nitrogens is 2. The van der Waals surface area contributed by atoms with Crippen LogP contribution >= 0.6 is 0 Å². The lowest BCUT2D eigenvalue weighted by molar-refractivity contribution is -0.139. The van der Waals surface area contributed by atoms with Gasteiger partial charge in [-0.05, 0) is 76.6 Å². The van der Waals surface area contributed by atoms with E-state index in [0.717, 1.165) is 32.4 Å². The zero-order valence-corrected chi connectivity index (χ0v) is 26.5. The first-order valence-electron chi connectivity index (χ1n) is 15.7. The molecular weight excluding hydrogens is 609 g/mol. The van der Waals surface area contributed by atoms with Crippen molar-refractivity contribution >= 4 is 17.4 Å². The van der Waals surface area contributed by atoms with Gasteiger partial charge < -0.3 is 25.2 Å². The standard InChI is InChI=1S/C32H40F5N7O2/c1-17-12-23-25(14-22(17)26-27(32(35,36)37)18(2)13-24(39)28(26)34)40-31(46-16-21-6-5-9-42(21)4)41-29(23)43-10-11-44(30(45)19(3)33)20(15-43)7-8-38/h13,17,19-22H,5-7,9-12,14-16,39H2,1-4H3/t17-,19?,20+,21+,22-/m1/s1. The normalized spacial score (nSPS) is 24.4. The van der Waals surface area contributed by atoms with Crippen LogP contribution in [0.3, 0.4) is 0 Å². The molecule has 3 aliphatic rings. The molecule has 14 heteroatoms. The number of rotatable bonds is 7. The van der Waals surface area contributed by atoms with Gasteiger partial charge in [0.05, 0.1) is 35.5 Å². The van der Waals surface area contributed by atoms with Gasteiger partial charge in [0.15, 0.2) is 6.17 Å². The third-order valence-electron chi connectivity index (χ3n) is 9.67. The van der Waals surface area contributed by atoms with Crippen LogP contribution in [0.25, 0.3) is 0 Å². The summed E-state index contributed by atoms with van der Waals surface area (Å²) >= 11 is 0. The molecule has 46 heavy (non-hydrogen) atoms. The van der Waals surface area contributed by atoms with Crippen LogP contribution < -0.4 is 15.4 Å². The lowest BCUT2D eigenvalue weighted by Crippen LogP contribution is -2.57. The number of nitrogens with zero attached hydrogens (tertiary/aromatic N) is 6. The number of ether oxygens (including phenoxy) is 1. The van der Waals surface area contributed by atoms with E-state index in [0.29, 0.717) is 23.7 Å². The lowest BCUT2D eigenvalue weighted by Gasteiger charge is -2.43. The van der Waals surface area contributed by atoms with E-state index in [-0.39, 0.29) is 62.2 Å². The van der Waals surface area contributed by atoms with Gasteiger partial charge in [-0.1, -0.05) is 6.92 Å². The average molecular weight is 650 g/mol. The number of fused-ring (bicyclic) bond motifs is 1. The van der Waals surface area contributed by atoms with Gasteiger partial charge in [0.1, 0.15) is 18.2 Å². The molecule has 1 aromatic heterocycles. The van der Waals surface area contributed by atoms with E-state index in [4.69, 9.17) is 15.5 Å². The van der Waals surface area contributed by atoms with E-state index < -0.39 is 53.1 Å². The van der Waals surface area contributed by atoms with Gasteiger partial charge in [0.2, 0.25) is 0 Å². The quantitative estimate of drug-likeness (QED) is 0.336. The van der Waals surface area contributed by atoms with Gasteiger partial charge in [-0.25, -0.2) is 8.78 Å². The van der Waals surface area contributed by atoms with Crippen molar-refractivity contribution in [2.24, 2.45) is 5.92 Å². The first-order valence-corrected chi connectivity index (χ1v) is 15.7. The molecule has 0 radical (unpaired) electrons. The largest absolute Gasteiger partial charge is 0.462 e. The fourth-order valence-corrected chi connectivity index (χ4v) is 7.24. The van der Waals surface area contributed by atoms with Crippen molar-refractivity contribution in [1.29, 1.82) is 5.26 Å². The highest BCUT2D eigenvalue weighted by atomic mass is 19.4. The number of nitrogen functional groups attached to an aromatic ring is 1. The van der Waals surface area contributed by atoms with Crippen molar-refractivity contribution in [2.75, 3.05) is 50.5 Å². The van der Waals surface area contributed by atoms with Crippen LogP contribution in [0.2, 0.25) is 0 Å². The molecule has 0 spiro atoms. The van der Waals surface area contributed by atoms with Crippen molar-refractivity contribution < 1.29 is 31.5 Å². The number of likely N-dealkylation sites (tertiary alicyclic amines) is 1. The number of hydrogen-bond donors (Lipinski definition) is 1. The number of halogens is 5. The second-order valence-electron chi connectivity index (χ2n) is 12.8. The summed E-state index contributed by atoms with van der Waals surface area (Å²) in [6, 6.07) is 2.70. The van der Waals surface area contributed by atoms with Crippen LogP contribution in [-0.4, -0.2) is 83.8 Å². The Morgan fingerprint density at radius 3 is 2.59 bits per heavy atom. The van der Waals surface area contributed by atoms with Crippen LogP contribution in [0, 0.1) is 30.0 Å². The summed E-state index contributed by atoms with van der Waals surface area (Å²) in [5, 5.41) is 9.49. The summed E-state index contributed by atoms with van der Waals surface area (Å²) in [6.45, 7) is 6.09. The second kappa shape index (κ2) is 13.2. The van der Waals surface area contributed by atoms with E-state index >= 15 is 4.39 Å². The number of amides is 1. The molecule has 2 saturated heterocycles. The molecule has 1 amide bonds. The molecular formula is C32H40F5N7O2. The predicted octanol–water partition coefficient (Wildman–Crippen LogP) is 4.81. The van der Waals surface area contributed by atoms with E-state index in [1.54, 1.807) is 6.92 Å². The number of likely N-dealkylation sites (N-methyl/N-ethyl adjacent to an activating group) is 1. The molecule has 1 aliphatic carbocycles. The van der Waals surface area contributed by atoms with Crippen molar-refractivity contribution in [2.45, 2.75) is 83.2 Å². The Morgan fingerprint density at radius 2 is 1.96 bits per heavy atom. The predicted molar refractivity (Wildman–Crippen MR) is 162 cm³/mol. The van der Waals surface area contributed by atoms with Crippen molar-refractivity contribution in [3.05, 3.63) is 39.8 Å². The first-order chi connectivity index (χ1) is 21.7. The van der Waals surface area contributed by atoms with E-state index in [1.165, 1.54) is 11.8 Å². The number of nitriles is 1. The fraction of sp³-hybridized carbons (Fsp3) is 0.625. The third kappa shape index (κ3) is 6.56. The number of alkyl halides is 4. The van der Waals surface area contributed by atoms with Crippen LogP contribution in [0.15, 0.2) is 6.07 Å². The molecule has 250 valence electrons. The number of carbonyl (C=O) groups excluding carboxylic acids is 1. The van der Waals surface area contributed by atoms with Crippen LogP contribution in [0.4, 0.5) is 33.5 Å². The van der Waals surface area contributed by atoms with Gasteiger partial charge in [-0.3, -0.25) is 4.79 Å². The molecule has 1 unspecified atom stereocenters. The molecule has 2 fully saturated rings. The zero-order valence-electron chi connectivity index (χ0n) is 26.5. The summed E-state index contributed by atoms with van der Waals surface area (Å²) in [5.74, 6) is -2.60. The first kappa shape index (κ1) is 33.6. The molecule has 1 aromatic carbocycles. The number of anilines is 2. The van der Waals surface area contributed by atoms with Gasteiger partial charge in [0, 0.05) is 36.8 Å². The number of hydrogen-bond acceptors (Lipinski definition) is 8. The van der Waals surface area contributed by atoms with Crippen molar-refractivity contribution in [3.8, 4) is 12.1 Å². The molecule has 5 rings (SSSR count). The third-order valence-corrected chi connectivity index (χ3v) is 9.67. The molecule has 2 aromatic rings. The topological polar surface area (TPSA) is 112 Å². The van der Waals surface area contributed by atoms with Gasteiger partial charge in [-0.15, -0.1) is 0 Å². The fourth-order valence-electron chi connectivity index (χ4n) is 7.24. The Morgan fingerprint density at radius 1 is 1.22 bits per heavy atom. The zero-order chi connectivity index (χ0) is 33.5.